The number of carbonyl (C=O) groups is 2. The third-order valence-electron chi connectivity index (χ3n) is 6.18. The molecule has 0 bridgehead atoms. The Hall–Kier alpha value is -3.78. The summed E-state index contributed by atoms with van der Waals surface area (Å²) in [5.74, 6) is -1.24. The maximum atomic E-state index is 12.5. The Bertz CT molecular complexity index is 1220. The van der Waals surface area contributed by atoms with Crippen molar-refractivity contribution in [1.29, 1.82) is 0 Å². The molecule has 2 aliphatic heterocycles. The van der Waals surface area contributed by atoms with Crippen molar-refractivity contribution < 1.29 is 19.1 Å². The van der Waals surface area contributed by atoms with Crippen molar-refractivity contribution in [3.63, 3.8) is 0 Å². The van der Waals surface area contributed by atoms with E-state index in [1.807, 2.05) is 36.4 Å². The molecule has 8 nitrogen and oxygen atoms in total. The lowest BCUT2D eigenvalue weighted by atomic mass is 9.82. The van der Waals surface area contributed by atoms with Gasteiger partial charge in [-0.3, -0.25) is 9.79 Å². The number of methoxy groups -OCH3 is 1. The number of pyridine rings is 1. The molecule has 0 radical (unpaired) electrons. The summed E-state index contributed by atoms with van der Waals surface area (Å²) in [5, 5.41) is 3.43. The van der Waals surface area contributed by atoms with Crippen molar-refractivity contribution in [2.45, 2.75) is 24.8 Å². The Labute approximate surface area is 191 Å². The molecule has 0 spiro atoms. The molecule has 1 unspecified atom stereocenters. The molecule has 1 amide bonds. The van der Waals surface area contributed by atoms with Gasteiger partial charge in [0.05, 0.1) is 29.8 Å². The molecule has 1 aromatic heterocycles. The Kier molecular flexibility index (Phi) is 5.51. The van der Waals surface area contributed by atoms with Gasteiger partial charge in [-0.2, -0.15) is 0 Å². The molecule has 3 heterocycles. The number of anilines is 1. The van der Waals surface area contributed by atoms with Gasteiger partial charge < -0.3 is 20.5 Å². The van der Waals surface area contributed by atoms with E-state index in [0.717, 1.165) is 40.9 Å². The van der Waals surface area contributed by atoms with Crippen LogP contribution in [0, 0.1) is 0 Å². The van der Waals surface area contributed by atoms with Gasteiger partial charge in [0.2, 0.25) is 0 Å². The number of benzene rings is 1. The summed E-state index contributed by atoms with van der Waals surface area (Å²) in [6.45, 7) is 1.34. The van der Waals surface area contributed by atoms with Gasteiger partial charge in [0.15, 0.2) is 5.69 Å². The highest BCUT2D eigenvalue weighted by Gasteiger charge is 2.34. The zero-order valence-electron chi connectivity index (χ0n) is 18.2. The van der Waals surface area contributed by atoms with E-state index in [2.05, 4.69) is 10.3 Å². The summed E-state index contributed by atoms with van der Waals surface area (Å²) >= 11 is 0. The highest BCUT2D eigenvalue weighted by atomic mass is 16.5. The van der Waals surface area contributed by atoms with Crippen LogP contribution in [-0.2, 0) is 14.3 Å². The smallest absolute Gasteiger partial charge is 0.338 e. The van der Waals surface area contributed by atoms with Crippen LogP contribution >= 0.6 is 0 Å². The van der Waals surface area contributed by atoms with Crippen molar-refractivity contribution >= 4 is 34.5 Å². The number of nitrogens with two attached hydrogens (primary N) is 1. The van der Waals surface area contributed by atoms with Gasteiger partial charge >= 0.3 is 5.97 Å². The van der Waals surface area contributed by atoms with E-state index in [9.17, 15) is 9.59 Å². The largest absolute Gasteiger partial charge is 0.465 e. The SMILES string of the molecule is COC(=O)C1=C2C(=Nc3ccccc32)C(c2cnc(C(N)=O)c(NC3CCOCC3)c2)C=C1. The average molecular weight is 444 g/mol. The Morgan fingerprint density at radius 3 is 2.76 bits per heavy atom. The number of hydrogen-bond donors (Lipinski definition) is 2. The van der Waals surface area contributed by atoms with E-state index in [1.54, 1.807) is 12.3 Å². The molecule has 33 heavy (non-hydrogen) atoms. The van der Waals surface area contributed by atoms with Crippen molar-refractivity contribution in [3.05, 3.63) is 71.1 Å². The Morgan fingerprint density at radius 2 is 2.00 bits per heavy atom. The third kappa shape index (κ3) is 3.82. The monoisotopic (exact) mass is 444 g/mol. The van der Waals surface area contributed by atoms with E-state index in [1.165, 1.54) is 7.11 Å². The molecule has 1 atom stereocenters. The second kappa shape index (κ2) is 8.63. The highest BCUT2D eigenvalue weighted by Crippen LogP contribution is 2.44. The van der Waals surface area contributed by atoms with Gasteiger partial charge in [-0.25, -0.2) is 9.78 Å². The van der Waals surface area contributed by atoms with Crippen LogP contribution in [-0.4, -0.2) is 48.9 Å². The molecule has 5 rings (SSSR count). The van der Waals surface area contributed by atoms with Crippen molar-refractivity contribution in [2.75, 3.05) is 25.6 Å². The third-order valence-corrected chi connectivity index (χ3v) is 6.18. The fourth-order valence-corrected chi connectivity index (χ4v) is 4.55. The van der Waals surface area contributed by atoms with Gasteiger partial charge in [-0.05, 0) is 36.6 Å². The molecule has 168 valence electrons. The molecule has 0 saturated carbocycles. The molecular weight excluding hydrogens is 420 g/mol. The quantitative estimate of drug-likeness (QED) is 0.685. The summed E-state index contributed by atoms with van der Waals surface area (Å²) in [6.07, 6.45) is 7.02. The zero-order valence-corrected chi connectivity index (χ0v) is 18.2. The van der Waals surface area contributed by atoms with Crippen LogP contribution in [0.4, 0.5) is 11.4 Å². The standard InChI is InChI=1S/C25H24N4O4/c1-32-25(31)18-7-6-16(22-21(18)17-4-2-3-5-19(17)29-22)14-12-20(23(24(26)30)27-13-14)28-15-8-10-33-11-9-15/h2-7,12-13,15-16,28H,8-11H2,1H3,(H2,26,30). The second-order valence-corrected chi connectivity index (χ2v) is 8.19. The molecule has 1 saturated heterocycles. The minimum Gasteiger partial charge on any atom is -0.465 e. The van der Waals surface area contributed by atoms with Crippen molar-refractivity contribution in [2.24, 2.45) is 10.7 Å². The molecule has 3 N–H and O–H groups in total. The molecule has 8 heteroatoms. The van der Waals surface area contributed by atoms with Crippen LogP contribution in [0.25, 0.3) is 5.57 Å². The first-order chi connectivity index (χ1) is 16.1. The van der Waals surface area contributed by atoms with Crippen LogP contribution in [0.1, 0.15) is 40.4 Å². The number of nitrogens with one attached hydrogen (secondary N) is 1. The van der Waals surface area contributed by atoms with Gasteiger partial charge in [0.25, 0.3) is 5.91 Å². The Morgan fingerprint density at radius 1 is 1.21 bits per heavy atom. The topological polar surface area (TPSA) is 116 Å². The number of rotatable bonds is 5. The number of carbonyl (C=O) groups excluding carboxylic acids is 2. The molecular formula is C25H24N4O4. The number of para-hydroxylation sites is 1. The molecule has 2 aromatic rings. The number of hydrogen-bond acceptors (Lipinski definition) is 7. The Balaban J connectivity index is 1.56. The van der Waals surface area contributed by atoms with Gasteiger partial charge in [0, 0.05) is 42.5 Å². The number of aliphatic imine (C=N–C) groups is 1. The highest BCUT2D eigenvalue weighted by molar-refractivity contribution is 6.36. The predicted molar refractivity (Wildman–Crippen MR) is 125 cm³/mol. The van der Waals surface area contributed by atoms with Gasteiger partial charge in [-0.15, -0.1) is 0 Å². The van der Waals surface area contributed by atoms with E-state index < -0.39 is 11.9 Å². The number of aromatic nitrogens is 1. The minimum absolute atomic E-state index is 0.172. The van der Waals surface area contributed by atoms with Crippen LogP contribution in [0.5, 0.6) is 0 Å². The van der Waals surface area contributed by atoms with Crippen LogP contribution in [0.3, 0.4) is 0 Å². The first kappa shape index (κ1) is 21.1. The maximum Gasteiger partial charge on any atom is 0.338 e. The predicted octanol–water partition coefficient (Wildman–Crippen LogP) is 3.14. The van der Waals surface area contributed by atoms with E-state index >= 15 is 0 Å². The van der Waals surface area contributed by atoms with Crippen molar-refractivity contribution in [1.82, 2.24) is 4.98 Å². The summed E-state index contributed by atoms with van der Waals surface area (Å²) in [4.78, 5) is 33.8. The summed E-state index contributed by atoms with van der Waals surface area (Å²) in [7, 11) is 1.37. The summed E-state index contributed by atoms with van der Waals surface area (Å²) in [5.41, 5.74) is 10.9. The van der Waals surface area contributed by atoms with E-state index in [4.69, 9.17) is 20.2 Å². The van der Waals surface area contributed by atoms with Gasteiger partial charge in [0.1, 0.15) is 0 Å². The van der Waals surface area contributed by atoms with E-state index in [-0.39, 0.29) is 17.7 Å². The number of primary amides is 1. The molecule has 1 fully saturated rings. The minimum atomic E-state index is -0.588. The number of amides is 1. The van der Waals surface area contributed by atoms with Crippen LogP contribution in [0.15, 0.2) is 59.2 Å². The fourth-order valence-electron chi connectivity index (χ4n) is 4.55. The molecule has 1 aromatic carbocycles. The molecule has 1 aliphatic carbocycles. The normalized spacial score (nSPS) is 19.5. The number of esters is 1. The fraction of sp³-hybridized carbons (Fsp3) is 0.280. The summed E-state index contributed by atoms with van der Waals surface area (Å²) < 4.78 is 10.4. The first-order valence-electron chi connectivity index (χ1n) is 10.9. The number of fused-ring (bicyclic) bond motifs is 3. The lowest BCUT2D eigenvalue weighted by Crippen LogP contribution is -2.29. The zero-order chi connectivity index (χ0) is 22.9. The maximum absolute atomic E-state index is 12.5. The van der Waals surface area contributed by atoms with Crippen molar-refractivity contribution in [3.8, 4) is 0 Å². The van der Waals surface area contributed by atoms with Gasteiger partial charge in [-0.1, -0.05) is 24.3 Å². The lowest BCUT2D eigenvalue weighted by molar-refractivity contribution is -0.135. The van der Waals surface area contributed by atoms with Crippen LogP contribution < -0.4 is 11.1 Å². The first-order valence-corrected chi connectivity index (χ1v) is 10.9. The lowest BCUT2D eigenvalue weighted by Gasteiger charge is -2.26. The average Bonchev–Trinajstić information content (AvgIpc) is 3.23. The number of ether oxygens (including phenoxy) is 2. The second-order valence-electron chi connectivity index (χ2n) is 8.19. The van der Waals surface area contributed by atoms with E-state index in [0.29, 0.717) is 24.5 Å². The number of nitrogens with zero attached hydrogens (tertiary/aromatic N) is 2. The van der Waals surface area contributed by atoms with Crippen LogP contribution in [0.2, 0.25) is 0 Å². The number of allylic oxidation sites excluding steroid dienone is 2. The summed E-state index contributed by atoms with van der Waals surface area (Å²) in [6, 6.07) is 9.79. The molecule has 3 aliphatic rings.